The number of hydrogen-bond donors (Lipinski definition) is 1. The standard InChI is InChI=1S/C20H20N6O/c21-19-8-17(23-12-24-19)14-6-18-15-5-13(10-26(18)20(27)7-14)9-25(11-15)16-1-3-22-4-2-16/h1-4,6-8,12-13,15H,5,9-11H2,(H2,21,23,24)/t13-,15+/m0/s1. The van der Waals surface area contributed by atoms with Crippen LogP contribution in [0.5, 0.6) is 0 Å². The average molecular weight is 360 g/mol. The van der Waals surface area contributed by atoms with Gasteiger partial charge in [-0.2, -0.15) is 0 Å². The van der Waals surface area contributed by atoms with E-state index in [0.29, 0.717) is 23.3 Å². The monoisotopic (exact) mass is 360 g/mol. The molecule has 3 aromatic rings. The predicted molar refractivity (Wildman–Crippen MR) is 103 cm³/mol. The maximum Gasteiger partial charge on any atom is 0.251 e. The Bertz CT molecular complexity index is 1050. The van der Waals surface area contributed by atoms with Crippen molar-refractivity contribution in [2.24, 2.45) is 5.92 Å². The lowest BCUT2D eigenvalue weighted by Crippen LogP contribution is -2.47. The molecule has 0 amide bonds. The number of hydrogen-bond acceptors (Lipinski definition) is 6. The van der Waals surface area contributed by atoms with Gasteiger partial charge in [0.1, 0.15) is 12.1 Å². The number of piperidine rings is 1. The summed E-state index contributed by atoms with van der Waals surface area (Å²) in [5, 5.41) is 0. The second kappa shape index (κ2) is 6.19. The lowest BCUT2D eigenvalue weighted by atomic mass is 9.82. The summed E-state index contributed by atoms with van der Waals surface area (Å²) in [5.41, 5.74) is 9.59. The van der Waals surface area contributed by atoms with Crippen LogP contribution in [0.4, 0.5) is 11.5 Å². The summed E-state index contributed by atoms with van der Waals surface area (Å²) < 4.78 is 1.94. The van der Waals surface area contributed by atoms with Crippen LogP contribution in [-0.4, -0.2) is 32.6 Å². The molecule has 0 radical (unpaired) electrons. The van der Waals surface area contributed by atoms with Crippen LogP contribution in [0.1, 0.15) is 18.0 Å². The normalized spacial score (nSPS) is 21.0. The molecule has 2 aliphatic heterocycles. The fourth-order valence-electron chi connectivity index (χ4n) is 4.40. The summed E-state index contributed by atoms with van der Waals surface area (Å²) in [6.45, 7) is 2.63. The number of aromatic nitrogens is 4. The molecule has 1 saturated heterocycles. The van der Waals surface area contributed by atoms with Crippen LogP contribution < -0.4 is 16.2 Å². The molecule has 2 atom stereocenters. The molecular weight excluding hydrogens is 340 g/mol. The van der Waals surface area contributed by atoms with Crippen LogP contribution in [0.3, 0.4) is 0 Å². The van der Waals surface area contributed by atoms with Gasteiger partial charge in [-0.15, -0.1) is 0 Å². The van der Waals surface area contributed by atoms with E-state index < -0.39 is 0 Å². The molecule has 0 saturated carbocycles. The highest BCUT2D eigenvalue weighted by molar-refractivity contribution is 5.62. The zero-order valence-electron chi connectivity index (χ0n) is 14.8. The Morgan fingerprint density at radius 1 is 1.04 bits per heavy atom. The van der Waals surface area contributed by atoms with Gasteiger partial charge in [-0.3, -0.25) is 9.78 Å². The van der Waals surface area contributed by atoms with E-state index in [1.165, 1.54) is 12.0 Å². The predicted octanol–water partition coefficient (Wildman–Crippen LogP) is 1.91. The highest BCUT2D eigenvalue weighted by Crippen LogP contribution is 2.37. The molecule has 0 spiro atoms. The third kappa shape index (κ3) is 2.85. The summed E-state index contributed by atoms with van der Waals surface area (Å²) in [4.78, 5) is 27.5. The minimum absolute atomic E-state index is 0.0340. The van der Waals surface area contributed by atoms with Gasteiger partial charge in [-0.1, -0.05) is 0 Å². The largest absolute Gasteiger partial charge is 0.384 e. The molecule has 0 unspecified atom stereocenters. The van der Waals surface area contributed by atoms with Crippen molar-refractivity contribution in [3.05, 3.63) is 65.1 Å². The average Bonchev–Trinajstić information content (AvgIpc) is 2.69. The number of fused-ring (bicyclic) bond motifs is 4. The van der Waals surface area contributed by atoms with Crippen molar-refractivity contribution in [1.29, 1.82) is 0 Å². The Balaban J connectivity index is 1.55. The SMILES string of the molecule is Nc1cc(-c2cc3n(c(=O)c2)C[C@H]2C[C@@H]3CN(c3ccncc3)C2)ncn1. The number of pyridine rings is 2. The van der Waals surface area contributed by atoms with E-state index in [1.54, 1.807) is 12.1 Å². The molecule has 0 aliphatic carbocycles. The van der Waals surface area contributed by atoms with Gasteiger partial charge in [-0.25, -0.2) is 9.97 Å². The summed E-state index contributed by atoms with van der Waals surface area (Å²) in [7, 11) is 0. The molecule has 3 aromatic heterocycles. The summed E-state index contributed by atoms with van der Waals surface area (Å²) in [5.74, 6) is 1.19. The summed E-state index contributed by atoms with van der Waals surface area (Å²) in [6, 6.07) is 9.57. The van der Waals surface area contributed by atoms with E-state index >= 15 is 0 Å². The minimum atomic E-state index is 0.0340. The molecule has 2 N–H and O–H groups in total. The van der Waals surface area contributed by atoms with Crippen LogP contribution >= 0.6 is 0 Å². The van der Waals surface area contributed by atoms with Gasteiger partial charge in [0.25, 0.3) is 5.56 Å². The van der Waals surface area contributed by atoms with Crippen LogP contribution in [0.15, 0.2) is 53.8 Å². The highest BCUT2D eigenvalue weighted by atomic mass is 16.1. The molecule has 5 rings (SSSR count). The quantitative estimate of drug-likeness (QED) is 0.751. The second-order valence-electron chi connectivity index (χ2n) is 7.35. The molecule has 7 heteroatoms. The Kier molecular flexibility index (Phi) is 3.67. The molecule has 1 fully saturated rings. The van der Waals surface area contributed by atoms with Crippen LogP contribution in [0.25, 0.3) is 11.3 Å². The Hall–Kier alpha value is -3.22. The number of rotatable bonds is 2. The fraction of sp³-hybridized carbons (Fsp3) is 0.300. The van der Waals surface area contributed by atoms with Crippen molar-refractivity contribution >= 4 is 11.5 Å². The maximum atomic E-state index is 12.8. The lowest BCUT2D eigenvalue weighted by molar-refractivity contribution is 0.281. The number of anilines is 2. The number of nitrogens with two attached hydrogens (primary N) is 1. The zero-order valence-corrected chi connectivity index (χ0v) is 14.8. The fourth-order valence-corrected chi connectivity index (χ4v) is 4.40. The van der Waals surface area contributed by atoms with E-state index in [2.05, 4.69) is 25.9 Å². The smallest absolute Gasteiger partial charge is 0.251 e. The Morgan fingerprint density at radius 2 is 1.89 bits per heavy atom. The van der Waals surface area contributed by atoms with E-state index in [0.717, 1.165) is 37.3 Å². The first kappa shape index (κ1) is 16.0. The van der Waals surface area contributed by atoms with Gasteiger partial charge in [-0.05, 0) is 30.5 Å². The van der Waals surface area contributed by atoms with Crippen molar-refractivity contribution in [3.63, 3.8) is 0 Å². The van der Waals surface area contributed by atoms with Crippen molar-refractivity contribution < 1.29 is 0 Å². The van der Waals surface area contributed by atoms with Crippen LogP contribution in [-0.2, 0) is 6.54 Å². The summed E-state index contributed by atoms with van der Waals surface area (Å²) in [6.07, 6.45) is 6.20. The van der Waals surface area contributed by atoms with Gasteiger partial charge in [0.15, 0.2) is 0 Å². The molecule has 27 heavy (non-hydrogen) atoms. The summed E-state index contributed by atoms with van der Waals surface area (Å²) >= 11 is 0. The van der Waals surface area contributed by atoms with Crippen molar-refractivity contribution in [2.75, 3.05) is 23.7 Å². The third-order valence-corrected chi connectivity index (χ3v) is 5.57. The van der Waals surface area contributed by atoms with Gasteiger partial charge in [0, 0.05) is 67.0 Å². The first-order chi connectivity index (χ1) is 13.2. The minimum Gasteiger partial charge on any atom is -0.384 e. The number of nitrogen functional groups attached to an aromatic ring is 1. The van der Waals surface area contributed by atoms with E-state index in [1.807, 2.05) is 29.1 Å². The van der Waals surface area contributed by atoms with E-state index in [9.17, 15) is 4.79 Å². The Labute approximate surface area is 156 Å². The third-order valence-electron chi connectivity index (χ3n) is 5.57. The molecule has 2 aliphatic rings. The molecule has 136 valence electrons. The van der Waals surface area contributed by atoms with E-state index in [4.69, 9.17) is 5.73 Å². The second-order valence-corrected chi connectivity index (χ2v) is 7.35. The molecule has 0 aromatic carbocycles. The van der Waals surface area contributed by atoms with Crippen LogP contribution in [0, 0.1) is 5.92 Å². The van der Waals surface area contributed by atoms with Gasteiger partial charge in [0.05, 0.1) is 5.69 Å². The van der Waals surface area contributed by atoms with Crippen molar-refractivity contribution in [1.82, 2.24) is 19.5 Å². The highest BCUT2D eigenvalue weighted by Gasteiger charge is 2.35. The number of nitrogens with zero attached hydrogens (tertiary/aromatic N) is 5. The van der Waals surface area contributed by atoms with Crippen LogP contribution in [0.2, 0.25) is 0 Å². The maximum absolute atomic E-state index is 12.8. The molecule has 2 bridgehead atoms. The first-order valence-electron chi connectivity index (χ1n) is 9.15. The van der Waals surface area contributed by atoms with Gasteiger partial charge in [0.2, 0.25) is 0 Å². The Morgan fingerprint density at radius 3 is 2.70 bits per heavy atom. The molecule has 7 nitrogen and oxygen atoms in total. The van der Waals surface area contributed by atoms with Crippen molar-refractivity contribution in [3.8, 4) is 11.3 Å². The van der Waals surface area contributed by atoms with Crippen molar-refractivity contribution in [2.45, 2.75) is 18.9 Å². The van der Waals surface area contributed by atoms with Gasteiger partial charge >= 0.3 is 0 Å². The van der Waals surface area contributed by atoms with E-state index in [-0.39, 0.29) is 5.56 Å². The first-order valence-corrected chi connectivity index (χ1v) is 9.15. The van der Waals surface area contributed by atoms with Gasteiger partial charge < -0.3 is 15.2 Å². The molecular formula is C20H20N6O. The molecule has 5 heterocycles. The topological polar surface area (TPSA) is 89.9 Å². The zero-order chi connectivity index (χ0) is 18.4. The lowest BCUT2D eigenvalue weighted by Gasteiger charge is -2.43.